The van der Waals surface area contributed by atoms with E-state index in [2.05, 4.69) is 32.2 Å². The molecule has 1 aromatic carbocycles. The van der Waals surface area contributed by atoms with Crippen molar-refractivity contribution in [1.82, 2.24) is 4.90 Å². The van der Waals surface area contributed by atoms with Crippen molar-refractivity contribution in [3.8, 4) is 0 Å². The molecule has 0 spiro atoms. The van der Waals surface area contributed by atoms with Gasteiger partial charge < -0.3 is 9.64 Å². The molecule has 27 heavy (non-hydrogen) atoms. The van der Waals surface area contributed by atoms with Crippen LogP contribution in [0, 0.1) is 0 Å². The Morgan fingerprint density at radius 2 is 1.96 bits per heavy atom. The molecule has 0 saturated carbocycles. The number of allylic oxidation sites excluding steroid dienone is 8. The molecule has 3 nitrogen and oxygen atoms in total. The predicted octanol–water partition coefficient (Wildman–Crippen LogP) is 6.31. The third kappa shape index (κ3) is 7.95. The quantitative estimate of drug-likeness (QED) is 0.530. The largest absolute Gasteiger partial charge is 0.444 e. The molecule has 0 bridgehead atoms. The zero-order valence-corrected chi connectivity index (χ0v) is 16.7. The van der Waals surface area contributed by atoms with Crippen molar-refractivity contribution in [3.05, 3.63) is 91.1 Å². The molecule has 2 rings (SSSR count). The van der Waals surface area contributed by atoms with E-state index in [1.165, 1.54) is 0 Å². The van der Waals surface area contributed by atoms with Crippen molar-refractivity contribution in [2.24, 2.45) is 0 Å². The van der Waals surface area contributed by atoms with Crippen molar-refractivity contribution in [2.75, 3.05) is 6.54 Å². The van der Waals surface area contributed by atoms with E-state index in [4.69, 9.17) is 4.74 Å². The molecule has 1 unspecified atom stereocenters. The minimum Gasteiger partial charge on any atom is -0.444 e. The lowest BCUT2D eigenvalue weighted by Gasteiger charge is -2.13. The molecular weight excluding hydrogens is 334 g/mol. The van der Waals surface area contributed by atoms with Crippen LogP contribution >= 0.6 is 0 Å². The zero-order chi connectivity index (χ0) is 20.1. The van der Waals surface area contributed by atoms with E-state index < -0.39 is 0 Å². The summed E-state index contributed by atoms with van der Waals surface area (Å²) < 4.78 is 5.11. The lowest BCUT2D eigenvalue weighted by atomic mass is 10.0. The van der Waals surface area contributed by atoms with Crippen molar-refractivity contribution >= 4 is 11.7 Å². The van der Waals surface area contributed by atoms with Gasteiger partial charge in [-0.25, -0.2) is 4.79 Å². The van der Waals surface area contributed by atoms with Crippen molar-refractivity contribution in [3.63, 3.8) is 0 Å². The molecule has 1 amide bonds. The fourth-order valence-electron chi connectivity index (χ4n) is 2.56. The van der Waals surface area contributed by atoms with E-state index >= 15 is 0 Å². The van der Waals surface area contributed by atoms with Crippen molar-refractivity contribution < 1.29 is 9.53 Å². The number of hydrogen-bond acceptors (Lipinski definition) is 2. The van der Waals surface area contributed by atoms with E-state index in [1.807, 2.05) is 56.3 Å². The summed E-state index contributed by atoms with van der Waals surface area (Å²) in [4.78, 5) is 13.3. The number of benzene rings is 1. The smallest absolute Gasteiger partial charge is 0.410 e. The Bertz CT molecular complexity index is 696. The van der Waals surface area contributed by atoms with E-state index in [-0.39, 0.29) is 12.2 Å². The summed E-state index contributed by atoms with van der Waals surface area (Å²) >= 11 is 0. The first-order valence-electron chi connectivity index (χ1n) is 9.33. The van der Waals surface area contributed by atoms with Crippen LogP contribution in [0.4, 0.5) is 4.79 Å². The van der Waals surface area contributed by atoms with Gasteiger partial charge in [-0.3, -0.25) is 0 Å². The molecule has 0 N–H and O–H groups in total. The Morgan fingerprint density at radius 3 is 2.44 bits per heavy atom. The predicted molar refractivity (Wildman–Crippen MR) is 115 cm³/mol. The van der Waals surface area contributed by atoms with Crippen LogP contribution in [0.2, 0.25) is 0 Å². The fourth-order valence-corrected chi connectivity index (χ4v) is 2.56. The van der Waals surface area contributed by atoms with Crippen molar-refractivity contribution in [1.29, 1.82) is 0 Å². The minimum atomic E-state index is -0.236. The van der Waals surface area contributed by atoms with Crippen LogP contribution < -0.4 is 0 Å². The normalized spacial score (nSPS) is 17.0. The Morgan fingerprint density at radius 1 is 1.26 bits per heavy atom. The van der Waals surface area contributed by atoms with Gasteiger partial charge in [0, 0.05) is 6.54 Å². The molecule has 1 aliphatic rings. The summed E-state index contributed by atoms with van der Waals surface area (Å²) in [5, 5.41) is 0. The number of hydrogen-bond donors (Lipinski definition) is 0. The Balaban J connectivity index is 0.000000445. The topological polar surface area (TPSA) is 29.5 Å². The molecule has 1 saturated heterocycles. The average Bonchev–Trinajstić information content (AvgIpc) is 2.98. The van der Waals surface area contributed by atoms with E-state index in [0.717, 1.165) is 23.1 Å². The molecule has 0 radical (unpaired) electrons. The van der Waals surface area contributed by atoms with Crippen LogP contribution in [0.1, 0.15) is 38.3 Å². The number of rotatable bonds is 7. The molecule has 0 aromatic heterocycles. The van der Waals surface area contributed by atoms with Gasteiger partial charge in [0.2, 0.25) is 0 Å². The zero-order valence-electron chi connectivity index (χ0n) is 16.7. The number of carbonyl (C=O) groups is 1. The van der Waals surface area contributed by atoms with Gasteiger partial charge in [-0.2, -0.15) is 0 Å². The minimum absolute atomic E-state index is 0.0235. The lowest BCUT2D eigenvalue weighted by molar-refractivity contribution is 0.137. The maximum absolute atomic E-state index is 11.6. The Labute approximate surface area is 164 Å². The highest BCUT2D eigenvalue weighted by atomic mass is 16.6. The Hall–Kier alpha value is -2.81. The van der Waals surface area contributed by atoms with Gasteiger partial charge in [0.1, 0.15) is 6.10 Å². The lowest BCUT2D eigenvalue weighted by Crippen LogP contribution is -2.24. The molecule has 3 heteroatoms. The third-order valence-corrected chi connectivity index (χ3v) is 3.89. The first kappa shape index (κ1) is 22.2. The summed E-state index contributed by atoms with van der Waals surface area (Å²) in [5.41, 5.74) is 3.20. The summed E-state index contributed by atoms with van der Waals surface area (Å²) in [6, 6.07) is 8.09. The number of cyclic esters (lactones) is 1. The second kappa shape index (κ2) is 12.5. The Kier molecular flexibility index (Phi) is 10.3. The third-order valence-electron chi connectivity index (χ3n) is 3.89. The molecule has 0 aliphatic carbocycles. The van der Waals surface area contributed by atoms with Gasteiger partial charge in [-0.15, -0.1) is 0 Å². The second-order valence-corrected chi connectivity index (χ2v) is 6.20. The van der Waals surface area contributed by atoms with Crippen LogP contribution in [0.15, 0.2) is 80.0 Å². The first-order chi connectivity index (χ1) is 13.0. The molecule has 144 valence electrons. The first-order valence-corrected chi connectivity index (χ1v) is 9.33. The fraction of sp³-hybridized carbons (Fsp3) is 0.292. The number of nitrogens with zero attached hydrogens (tertiary/aromatic N) is 1. The van der Waals surface area contributed by atoms with Gasteiger partial charge in [-0.05, 0) is 37.0 Å². The monoisotopic (exact) mass is 365 g/mol. The van der Waals surface area contributed by atoms with Crippen LogP contribution in [-0.4, -0.2) is 23.6 Å². The highest BCUT2D eigenvalue weighted by Gasteiger charge is 2.27. The second-order valence-electron chi connectivity index (χ2n) is 6.20. The van der Waals surface area contributed by atoms with Crippen LogP contribution in [0.5, 0.6) is 0 Å². The summed E-state index contributed by atoms with van der Waals surface area (Å²) in [6.07, 6.45) is 14.6. The van der Waals surface area contributed by atoms with Gasteiger partial charge in [0.15, 0.2) is 0 Å². The number of ether oxygens (including phenoxy) is 1. The van der Waals surface area contributed by atoms with Crippen LogP contribution in [-0.2, 0) is 11.3 Å². The highest BCUT2D eigenvalue weighted by Crippen LogP contribution is 2.19. The van der Waals surface area contributed by atoms with Crippen LogP contribution in [0.25, 0.3) is 5.57 Å². The maximum atomic E-state index is 11.6. The highest BCUT2D eigenvalue weighted by molar-refractivity contribution is 5.74. The van der Waals surface area contributed by atoms with Gasteiger partial charge >= 0.3 is 6.09 Å². The molecule has 1 atom stereocenters. The number of amides is 1. The van der Waals surface area contributed by atoms with Gasteiger partial charge in [-0.1, -0.05) is 86.9 Å². The van der Waals surface area contributed by atoms with Crippen LogP contribution in [0.3, 0.4) is 0 Å². The van der Waals surface area contributed by atoms with E-state index in [0.29, 0.717) is 13.1 Å². The van der Waals surface area contributed by atoms with Gasteiger partial charge in [0.25, 0.3) is 0 Å². The molecule has 1 aliphatic heterocycles. The van der Waals surface area contributed by atoms with Gasteiger partial charge in [0.05, 0.1) is 6.54 Å². The van der Waals surface area contributed by atoms with E-state index in [1.54, 1.807) is 17.1 Å². The summed E-state index contributed by atoms with van der Waals surface area (Å²) in [6.45, 7) is 14.8. The summed E-state index contributed by atoms with van der Waals surface area (Å²) in [7, 11) is 0. The number of carbonyl (C=O) groups excluding carboxylic acids is 1. The SMILES string of the molecule is C/C=C\C=C/CC.C=C/C=C(\C=C)c1ccc(CN2CC(C)OC2=O)cc1. The molecule has 1 fully saturated rings. The molecular formula is C24H31NO2. The standard InChI is InChI=1S/C17H19NO2.C7H12/c1-4-6-15(5-2)16-9-7-14(8-10-16)12-18-11-13(3)20-17(18)19;1-3-5-7-6-4-2/h4-10,13H,1-2,11-12H2,3H3;3,5-7H,4H2,1-2H3/b15-6+;5-3-,7-6-. The van der Waals surface area contributed by atoms with Crippen molar-refractivity contribution in [2.45, 2.75) is 39.8 Å². The maximum Gasteiger partial charge on any atom is 0.410 e. The average molecular weight is 366 g/mol. The van der Waals surface area contributed by atoms with E-state index in [9.17, 15) is 4.79 Å². The molecule has 1 aromatic rings. The molecule has 1 heterocycles. The summed E-state index contributed by atoms with van der Waals surface area (Å²) in [5.74, 6) is 0.